The molecule has 0 fully saturated rings. The maximum absolute atomic E-state index is 11.6. The van der Waals surface area contributed by atoms with Gasteiger partial charge in [-0.2, -0.15) is 0 Å². The largest absolute Gasteiger partial charge is 0.396 e. The van der Waals surface area contributed by atoms with Gasteiger partial charge in [-0.25, -0.2) is 0 Å². The molecule has 0 atom stereocenters. The molecule has 0 aliphatic carbocycles. The van der Waals surface area contributed by atoms with E-state index in [4.69, 9.17) is 28.3 Å². The maximum atomic E-state index is 11.6. The van der Waals surface area contributed by atoms with Crippen molar-refractivity contribution in [2.24, 2.45) is 5.41 Å². The number of rotatable bonds is 5. The van der Waals surface area contributed by atoms with E-state index >= 15 is 0 Å². The molecule has 104 valence electrons. The van der Waals surface area contributed by atoms with Crippen LogP contribution in [-0.2, 0) is 4.79 Å². The Kier molecular flexibility index (Phi) is 5.85. The molecule has 1 aromatic rings. The number of nitrogens with one attached hydrogen (secondary N) is 1. The van der Waals surface area contributed by atoms with Crippen LogP contribution < -0.4 is 5.32 Å². The Bertz CT molecular complexity index is 464. The highest BCUT2D eigenvalue weighted by molar-refractivity contribution is 6.34. The van der Waals surface area contributed by atoms with E-state index in [0.29, 0.717) is 16.6 Å². The first-order valence-corrected chi connectivity index (χ1v) is 6.61. The van der Waals surface area contributed by atoms with E-state index in [1.54, 1.807) is 24.3 Å². The Hall–Kier alpha value is -1.03. The molecule has 0 spiro atoms. The molecule has 0 aliphatic heterocycles. The van der Waals surface area contributed by atoms with Crippen LogP contribution >= 0.6 is 23.2 Å². The lowest BCUT2D eigenvalue weighted by Gasteiger charge is -2.21. The summed E-state index contributed by atoms with van der Waals surface area (Å²) in [6, 6.07) is 5.06. The average Bonchev–Trinajstić information content (AvgIpc) is 2.33. The summed E-state index contributed by atoms with van der Waals surface area (Å²) in [6.45, 7) is 4.16. The van der Waals surface area contributed by atoms with Crippen molar-refractivity contribution in [3.05, 3.63) is 39.9 Å². The fourth-order valence-electron chi connectivity index (χ4n) is 1.28. The van der Waals surface area contributed by atoms with Crippen LogP contribution in [0.1, 0.15) is 19.4 Å². The third kappa shape index (κ3) is 6.10. The van der Waals surface area contributed by atoms with Crippen LogP contribution in [-0.4, -0.2) is 24.2 Å². The van der Waals surface area contributed by atoms with Gasteiger partial charge in [0, 0.05) is 34.7 Å². The first-order valence-electron chi connectivity index (χ1n) is 5.85. The molecule has 0 heterocycles. The summed E-state index contributed by atoms with van der Waals surface area (Å²) in [7, 11) is 0. The molecule has 19 heavy (non-hydrogen) atoms. The second kappa shape index (κ2) is 6.94. The average molecular weight is 302 g/mol. The van der Waals surface area contributed by atoms with Gasteiger partial charge in [0.1, 0.15) is 0 Å². The van der Waals surface area contributed by atoms with Gasteiger partial charge in [0.05, 0.1) is 0 Å². The van der Waals surface area contributed by atoms with Gasteiger partial charge in [0.15, 0.2) is 0 Å². The van der Waals surface area contributed by atoms with Crippen LogP contribution in [0.3, 0.4) is 0 Å². The van der Waals surface area contributed by atoms with Crippen molar-refractivity contribution in [3.8, 4) is 0 Å². The highest BCUT2D eigenvalue weighted by Gasteiger charge is 2.16. The van der Waals surface area contributed by atoms with Gasteiger partial charge in [0.25, 0.3) is 0 Å². The summed E-state index contributed by atoms with van der Waals surface area (Å²) in [4.78, 5) is 11.6. The third-order valence-corrected chi connectivity index (χ3v) is 2.92. The zero-order valence-electron chi connectivity index (χ0n) is 10.9. The quantitative estimate of drug-likeness (QED) is 0.821. The SMILES string of the molecule is CC(C)(CO)CNC(=O)/C=C/c1cc(Cl)cc(Cl)c1. The van der Waals surface area contributed by atoms with E-state index in [1.807, 2.05) is 13.8 Å². The smallest absolute Gasteiger partial charge is 0.244 e. The predicted molar refractivity (Wildman–Crippen MR) is 79.4 cm³/mol. The number of carbonyl (C=O) groups is 1. The van der Waals surface area contributed by atoms with E-state index < -0.39 is 0 Å². The van der Waals surface area contributed by atoms with Gasteiger partial charge in [-0.3, -0.25) is 4.79 Å². The monoisotopic (exact) mass is 301 g/mol. The Balaban J connectivity index is 2.59. The van der Waals surface area contributed by atoms with Crippen LogP contribution in [0, 0.1) is 5.41 Å². The number of hydrogen-bond acceptors (Lipinski definition) is 2. The Morgan fingerprint density at radius 3 is 2.42 bits per heavy atom. The predicted octanol–water partition coefficient (Wildman–Crippen LogP) is 3.14. The minimum absolute atomic E-state index is 0.0148. The van der Waals surface area contributed by atoms with Gasteiger partial charge < -0.3 is 10.4 Å². The number of benzene rings is 1. The lowest BCUT2D eigenvalue weighted by Crippen LogP contribution is -2.35. The minimum atomic E-state index is -0.330. The fourth-order valence-corrected chi connectivity index (χ4v) is 1.83. The number of aliphatic hydroxyl groups is 1. The van der Waals surface area contributed by atoms with Crippen LogP contribution in [0.15, 0.2) is 24.3 Å². The van der Waals surface area contributed by atoms with Crippen molar-refractivity contribution in [2.75, 3.05) is 13.2 Å². The zero-order valence-corrected chi connectivity index (χ0v) is 12.4. The molecule has 0 saturated heterocycles. The lowest BCUT2D eigenvalue weighted by atomic mass is 9.95. The van der Waals surface area contributed by atoms with Crippen LogP contribution in [0.5, 0.6) is 0 Å². The first kappa shape index (κ1) is 16.0. The van der Waals surface area contributed by atoms with E-state index in [0.717, 1.165) is 5.56 Å². The number of carbonyl (C=O) groups excluding carboxylic acids is 1. The molecule has 0 radical (unpaired) electrons. The number of hydrogen-bond donors (Lipinski definition) is 2. The molecular weight excluding hydrogens is 285 g/mol. The zero-order chi connectivity index (χ0) is 14.5. The second-order valence-corrected chi connectivity index (χ2v) is 5.95. The number of halogens is 2. The van der Waals surface area contributed by atoms with Gasteiger partial charge in [-0.15, -0.1) is 0 Å². The minimum Gasteiger partial charge on any atom is -0.396 e. The van der Waals surface area contributed by atoms with Gasteiger partial charge >= 0.3 is 0 Å². The normalized spacial score (nSPS) is 11.8. The highest BCUT2D eigenvalue weighted by Crippen LogP contribution is 2.19. The maximum Gasteiger partial charge on any atom is 0.244 e. The summed E-state index contributed by atoms with van der Waals surface area (Å²) in [6.07, 6.45) is 3.05. The molecule has 0 aliphatic rings. The van der Waals surface area contributed by atoms with E-state index in [-0.39, 0.29) is 17.9 Å². The van der Waals surface area contributed by atoms with Crippen molar-refractivity contribution < 1.29 is 9.90 Å². The molecular formula is C14H17Cl2NO2. The first-order chi connectivity index (χ1) is 8.82. The Labute approximate surface area is 123 Å². The van der Waals surface area contributed by atoms with Crippen LogP contribution in [0.4, 0.5) is 0 Å². The van der Waals surface area contributed by atoms with Crippen molar-refractivity contribution in [2.45, 2.75) is 13.8 Å². The molecule has 0 unspecified atom stereocenters. The summed E-state index contributed by atoms with van der Waals surface area (Å²) < 4.78 is 0. The van der Waals surface area contributed by atoms with Crippen molar-refractivity contribution >= 4 is 35.2 Å². The van der Waals surface area contributed by atoms with Gasteiger partial charge in [-0.05, 0) is 29.8 Å². The molecule has 0 aromatic heterocycles. The standard InChI is InChI=1S/C14H17Cl2NO2/c1-14(2,9-18)8-17-13(19)4-3-10-5-11(15)7-12(16)6-10/h3-7,18H,8-9H2,1-2H3,(H,17,19)/b4-3+. The highest BCUT2D eigenvalue weighted by atomic mass is 35.5. The molecule has 0 saturated carbocycles. The molecule has 0 bridgehead atoms. The second-order valence-electron chi connectivity index (χ2n) is 5.08. The molecule has 1 rings (SSSR count). The molecule has 2 N–H and O–H groups in total. The van der Waals surface area contributed by atoms with E-state index in [9.17, 15) is 4.79 Å². The van der Waals surface area contributed by atoms with Crippen molar-refractivity contribution in [3.63, 3.8) is 0 Å². The molecule has 1 amide bonds. The van der Waals surface area contributed by atoms with Crippen LogP contribution in [0.2, 0.25) is 10.0 Å². The number of amides is 1. The van der Waals surface area contributed by atoms with Crippen molar-refractivity contribution in [1.82, 2.24) is 5.32 Å². The molecule has 3 nitrogen and oxygen atoms in total. The topological polar surface area (TPSA) is 49.3 Å². The van der Waals surface area contributed by atoms with Crippen LogP contribution in [0.25, 0.3) is 6.08 Å². The van der Waals surface area contributed by atoms with E-state index in [2.05, 4.69) is 5.32 Å². The Morgan fingerprint density at radius 2 is 1.89 bits per heavy atom. The summed E-state index contributed by atoms with van der Waals surface area (Å²) in [5.74, 6) is -0.224. The van der Waals surface area contributed by atoms with Crippen molar-refractivity contribution in [1.29, 1.82) is 0 Å². The summed E-state index contributed by atoms with van der Waals surface area (Å²) in [5.41, 5.74) is 0.428. The summed E-state index contributed by atoms with van der Waals surface area (Å²) in [5, 5.41) is 12.8. The Morgan fingerprint density at radius 1 is 1.32 bits per heavy atom. The third-order valence-electron chi connectivity index (χ3n) is 2.48. The fraction of sp³-hybridized carbons (Fsp3) is 0.357. The lowest BCUT2D eigenvalue weighted by molar-refractivity contribution is -0.116. The number of aliphatic hydroxyl groups excluding tert-OH is 1. The summed E-state index contributed by atoms with van der Waals surface area (Å²) >= 11 is 11.7. The van der Waals surface area contributed by atoms with E-state index in [1.165, 1.54) is 6.08 Å². The molecule has 1 aromatic carbocycles. The molecule has 5 heteroatoms. The van der Waals surface area contributed by atoms with Gasteiger partial charge in [0.2, 0.25) is 5.91 Å². The van der Waals surface area contributed by atoms with Gasteiger partial charge in [-0.1, -0.05) is 37.0 Å².